The van der Waals surface area contributed by atoms with Crippen molar-refractivity contribution < 1.29 is 13.2 Å². The Morgan fingerprint density at radius 3 is 2.32 bits per heavy atom. The van der Waals surface area contributed by atoms with Crippen LogP contribution >= 0.6 is 11.8 Å². The summed E-state index contributed by atoms with van der Waals surface area (Å²) in [6, 6.07) is 8.16. The van der Waals surface area contributed by atoms with Crippen LogP contribution in [0.15, 0.2) is 41.4 Å². The molecular formula is C13H11F3N2S. The van der Waals surface area contributed by atoms with Gasteiger partial charge in [-0.1, -0.05) is 12.1 Å². The Morgan fingerprint density at radius 1 is 1.16 bits per heavy atom. The van der Waals surface area contributed by atoms with E-state index in [1.165, 1.54) is 0 Å². The van der Waals surface area contributed by atoms with E-state index in [1.54, 1.807) is 23.9 Å². The van der Waals surface area contributed by atoms with E-state index in [9.17, 15) is 13.2 Å². The van der Waals surface area contributed by atoms with Crippen molar-refractivity contribution in [3.05, 3.63) is 42.1 Å². The van der Waals surface area contributed by atoms with Gasteiger partial charge in [-0.3, -0.25) is 0 Å². The second kappa shape index (κ2) is 5.13. The normalized spacial score (nSPS) is 11.6. The molecule has 0 bridgehead atoms. The second-order valence-corrected chi connectivity index (χ2v) is 4.76. The Bertz CT molecular complexity index is 579. The Morgan fingerprint density at radius 2 is 1.79 bits per heavy atom. The van der Waals surface area contributed by atoms with Crippen LogP contribution in [0.2, 0.25) is 0 Å². The average Bonchev–Trinajstić information content (AvgIpc) is 2.38. The predicted molar refractivity (Wildman–Crippen MR) is 70.9 cm³/mol. The average molecular weight is 284 g/mol. The summed E-state index contributed by atoms with van der Waals surface area (Å²) in [5, 5.41) is 0. The van der Waals surface area contributed by atoms with Crippen LogP contribution in [0, 0.1) is 0 Å². The summed E-state index contributed by atoms with van der Waals surface area (Å²) >= 11 is 1.56. The highest BCUT2D eigenvalue weighted by molar-refractivity contribution is 7.98. The van der Waals surface area contributed by atoms with Crippen LogP contribution in [0.5, 0.6) is 0 Å². The van der Waals surface area contributed by atoms with Gasteiger partial charge in [0.1, 0.15) is 5.82 Å². The summed E-state index contributed by atoms with van der Waals surface area (Å²) < 4.78 is 37.9. The third kappa shape index (κ3) is 3.01. The minimum atomic E-state index is -4.42. The maximum Gasteiger partial charge on any atom is 0.417 e. The van der Waals surface area contributed by atoms with Crippen molar-refractivity contribution >= 4 is 17.6 Å². The standard InChI is InChI=1S/C13H11F3N2S/c1-19-10-4-2-8(3-5-10)11-6-9(13(14,15)16)7-18-12(11)17/h2-7H,1H3,(H2,17,18). The molecule has 1 aromatic carbocycles. The van der Waals surface area contributed by atoms with Gasteiger partial charge in [-0.05, 0) is 30.0 Å². The van der Waals surface area contributed by atoms with Crippen LogP contribution in [-0.4, -0.2) is 11.2 Å². The Labute approximate surface area is 112 Å². The highest BCUT2D eigenvalue weighted by Gasteiger charge is 2.31. The molecule has 100 valence electrons. The first-order valence-corrected chi connectivity index (χ1v) is 6.61. The second-order valence-electron chi connectivity index (χ2n) is 3.88. The molecule has 0 unspecified atom stereocenters. The fourth-order valence-electron chi connectivity index (χ4n) is 1.63. The molecule has 1 aromatic heterocycles. The van der Waals surface area contributed by atoms with E-state index in [1.807, 2.05) is 18.4 Å². The van der Waals surface area contributed by atoms with Crippen molar-refractivity contribution in [3.8, 4) is 11.1 Å². The van der Waals surface area contributed by atoms with Gasteiger partial charge in [-0.15, -0.1) is 11.8 Å². The molecule has 0 aliphatic carbocycles. The highest BCUT2D eigenvalue weighted by atomic mass is 32.2. The predicted octanol–water partition coefficient (Wildman–Crippen LogP) is 4.07. The van der Waals surface area contributed by atoms with Gasteiger partial charge in [0.25, 0.3) is 0 Å². The molecule has 2 rings (SSSR count). The number of hydrogen-bond acceptors (Lipinski definition) is 3. The summed E-state index contributed by atoms with van der Waals surface area (Å²) in [5.74, 6) is 0.0879. The van der Waals surface area contributed by atoms with E-state index in [-0.39, 0.29) is 5.82 Å². The monoisotopic (exact) mass is 284 g/mol. The first-order valence-electron chi connectivity index (χ1n) is 5.39. The first-order chi connectivity index (χ1) is 8.91. The van der Waals surface area contributed by atoms with Crippen LogP contribution in [-0.2, 0) is 6.18 Å². The van der Waals surface area contributed by atoms with Crippen molar-refractivity contribution in [3.63, 3.8) is 0 Å². The summed E-state index contributed by atoms with van der Waals surface area (Å²) in [5.41, 5.74) is 5.76. The number of nitrogens with two attached hydrogens (primary N) is 1. The molecule has 0 radical (unpaired) electrons. The number of halogens is 3. The number of thioether (sulfide) groups is 1. The number of hydrogen-bond donors (Lipinski definition) is 1. The Hall–Kier alpha value is -1.69. The van der Waals surface area contributed by atoms with Gasteiger partial charge in [0.2, 0.25) is 0 Å². The number of nitrogens with zero attached hydrogens (tertiary/aromatic N) is 1. The molecular weight excluding hydrogens is 273 g/mol. The molecule has 0 atom stereocenters. The van der Waals surface area contributed by atoms with E-state index in [2.05, 4.69) is 4.98 Å². The van der Waals surface area contributed by atoms with E-state index in [0.717, 1.165) is 17.2 Å². The largest absolute Gasteiger partial charge is 0.417 e. The maximum atomic E-state index is 12.6. The maximum absolute atomic E-state index is 12.6. The van der Waals surface area contributed by atoms with Gasteiger partial charge in [0, 0.05) is 16.7 Å². The number of pyridine rings is 1. The van der Waals surface area contributed by atoms with Crippen molar-refractivity contribution in [1.29, 1.82) is 0 Å². The van der Waals surface area contributed by atoms with Gasteiger partial charge in [-0.2, -0.15) is 13.2 Å². The van der Waals surface area contributed by atoms with E-state index in [0.29, 0.717) is 11.1 Å². The van der Waals surface area contributed by atoms with Crippen LogP contribution in [0.3, 0.4) is 0 Å². The summed E-state index contributed by atoms with van der Waals surface area (Å²) in [7, 11) is 0. The minimum Gasteiger partial charge on any atom is -0.383 e. The number of alkyl halides is 3. The molecule has 0 saturated carbocycles. The van der Waals surface area contributed by atoms with Crippen LogP contribution in [0.25, 0.3) is 11.1 Å². The summed E-state index contributed by atoms with van der Waals surface area (Å²) in [4.78, 5) is 4.65. The number of nitrogen functional groups attached to an aromatic ring is 1. The molecule has 1 heterocycles. The van der Waals surface area contributed by atoms with Crippen molar-refractivity contribution in [2.75, 3.05) is 12.0 Å². The number of rotatable bonds is 2. The lowest BCUT2D eigenvalue weighted by Crippen LogP contribution is -2.07. The van der Waals surface area contributed by atoms with Gasteiger partial charge < -0.3 is 5.73 Å². The molecule has 0 aliphatic rings. The highest BCUT2D eigenvalue weighted by Crippen LogP contribution is 2.34. The first kappa shape index (κ1) is 13.7. The molecule has 2 N–H and O–H groups in total. The third-order valence-electron chi connectivity index (χ3n) is 2.65. The zero-order chi connectivity index (χ0) is 14.0. The molecule has 6 heteroatoms. The lowest BCUT2D eigenvalue weighted by molar-refractivity contribution is -0.137. The Balaban J connectivity index is 2.48. The third-order valence-corrected chi connectivity index (χ3v) is 3.39. The molecule has 0 spiro atoms. The van der Waals surface area contributed by atoms with E-state index in [4.69, 9.17) is 5.73 Å². The zero-order valence-electron chi connectivity index (χ0n) is 10.0. The van der Waals surface area contributed by atoms with Crippen molar-refractivity contribution in [1.82, 2.24) is 4.98 Å². The zero-order valence-corrected chi connectivity index (χ0v) is 10.8. The molecule has 2 nitrogen and oxygen atoms in total. The van der Waals surface area contributed by atoms with E-state index < -0.39 is 11.7 Å². The SMILES string of the molecule is CSc1ccc(-c2cc(C(F)(F)F)cnc2N)cc1. The van der Waals surface area contributed by atoms with E-state index >= 15 is 0 Å². The number of aromatic nitrogens is 1. The van der Waals surface area contributed by atoms with Gasteiger partial charge in [0.15, 0.2) is 0 Å². The smallest absolute Gasteiger partial charge is 0.383 e. The van der Waals surface area contributed by atoms with Gasteiger partial charge >= 0.3 is 6.18 Å². The van der Waals surface area contributed by atoms with Crippen LogP contribution in [0.1, 0.15) is 5.56 Å². The molecule has 0 amide bonds. The Kier molecular flexibility index (Phi) is 3.71. The molecule has 0 fully saturated rings. The fourth-order valence-corrected chi connectivity index (χ4v) is 2.04. The summed E-state index contributed by atoms with van der Waals surface area (Å²) in [6.07, 6.45) is -1.75. The minimum absolute atomic E-state index is 0.0879. The molecule has 0 saturated heterocycles. The van der Waals surface area contributed by atoms with Crippen LogP contribution in [0.4, 0.5) is 19.0 Å². The topological polar surface area (TPSA) is 38.9 Å². The lowest BCUT2D eigenvalue weighted by Gasteiger charge is -2.10. The van der Waals surface area contributed by atoms with Gasteiger partial charge in [0.05, 0.1) is 5.56 Å². The quantitative estimate of drug-likeness (QED) is 0.845. The molecule has 19 heavy (non-hydrogen) atoms. The molecule has 0 aliphatic heterocycles. The fraction of sp³-hybridized carbons (Fsp3) is 0.154. The number of benzene rings is 1. The number of anilines is 1. The van der Waals surface area contributed by atoms with Crippen molar-refractivity contribution in [2.45, 2.75) is 11.1 Å². The van der Waals surface area contributed by atoms with Crippen LogP contribution < -0.4 is 5.73 Å². The molecule has 2 aromatic rings. The summed E-state index contributed by atoms with van der Waals surface area (Å²) in [6.45, 7) is 0. The van der Waals surface area contributed by atoms with Gasteiger partial charge in [-0.25, -0.2) is 4.98 Å². The van der Waals surface area contributed by atoms with Crippen molar-refractivity contribution in [2.24, 2.45) is 0 Å². The lowest BCUT2D eigenvalue weighted by atomic mass is 10.0.